The van der Waals surface area contributed by atoms with Crippen molar-refractivity contribution in [3.05, 3.63) is 63.7 Å². The molecule has 6 heteroatoms. The van der Waals surface area contributed by atoms with Crippen LogP contribution < -0.4 is 10.2 Å². The van der Waals surface area contributed by atoms with E-state index in [1.54, 1.807) is 17.9 Å². The maximum atomic E-state index is 12.4. The van der Waals surface area contributed by atoms with E-state index in [2.05, 4.69) is 5.32 Å². The molecule has 1 aliphatic heterocycles. The quantitative estimate of drug-likeness (QED) is 0.681. The molecule has 0 fully saturated rings. The molecule has 6 nitrogen and oxygen atoms in total. The van der Waals surface area contributed by atoms with Gasteiger partial charge in [-0.2, -0.15) is 0 Å². The SMILES string of the molecule is Cc1cc([N+](=O)[O-])ccc1NC(=O)N1CCc2ccccc21. The van der Waals surface area contributed by atoms with Crippen molar-refractivity contribution in [1.29, 1.82) is 0 Å². The number of non-ortho nitro benzene ring substituents is 1. The first-order valence-electron chi connectivity index (χ1n) is 6.98. The Morgan fingerprint density at radius 2 is 2.05 bits per heavy atom. The fourth-order valence-electron chi connectivity index (χ4n) is 2.63. The number of anilines is 2. The first kappa shape index (κ1) is 14.1. The summed E-state index contributed by atoms with van der Waals surface area (Å²) in [6.45, 7) is 2.37. The fourth-order valence-corrected chi connectivity index (χ4v) is 2.63. The van der Waals surface area contributed by atoms with E-state index < -0.39 is 4.92 Å². The number of para-hydroxylation sites is 1. The van der Waals surface area contributed by atoms with E-state index in [9.17, 15) is 14.9 Å². The van der Waals surface area contributed by atoms with Gasteiger partial charge in [0.2, 0.25) is 0 Å². The summed E-state index contributed by atoms with van der Waals surface area (Å²) in [6, 6.07) is 12.0. The van der Waals surface area contributed by atoms with Gasteiger partial charge < -0.3 is 5.32 Å². The summed E-state index contributed by atoms with van der Waals surface area (Å²) in [5.41, 5.74) is 3.33. The molecule has 0 unspecified atom stereocenters. The van der Waals surface area contributed by atoms with Crippen LogP contribution in [0.1, 0.15) is 11.1 Å². The molecule has 2 aromatic carbocycles. The number of nitrogens with one attached hydrogen (secondary N) is 1. The molecule has 1 heterocycles. The van der Waals surface area contributed by atoms with Crippen molar-refractivity contribution >= 4 is 23.1 Å². The van der Waals surface area contributed by atoms with Gasteiger partial charge in [0, 0.05) is 30.1 Å². The van der Waals surface area contributed by atoms with Crippen molar-refractivity contribution in [2.75, 3.05) is 16.8 Å². The molecule has 0 aromatic heterocycles. The Hall–Kier alpha value is -2.89. The van der Waals surface area contributed by atoms with Crippen LogP contribution >= 0.6 is 0 Å². The van der Waals surface area contributed by atoms with Gasteiger partial charge in [0.05, 0.1) is 4.92 Å². The van der Waals surface area contributed by atoms with Crippen LogP contribution in [0.5, 0.6) is 0 Å². The smallest absolute Gasteiger partial charge is 0.307 e. The number of hydrogen-bond donors (Lipinski definition) is 1. The molecule has 2 amide bonds. The van der Waals surface area contributed by atoms with Crippen molar-refractivity contribution in [3.8, 4) is 0 Å². The normalized spacial score (nSPS) is 12.9. The van der Waals surface area contributed by atoms with Crippen molar-refractivity contribution in [2.24, 2.45) is 0 Å². The van der Waals surface area contributed by atoms with E-state index in [1.165, 1.54) is 12.1 Å². The van der Waals surface area contributed by atoms with Crippen molar-refractivity contribution in [1.82, 2.24) is 0 Å². The van der Waals surface area contributed by atoms with E-state index in [1.807, 2.05) is 24.3 Å². The zero-order valence-electron chi connectivity index (χ0n) is 12.1. The number of fused-ring (bicyclic) bond motifs is 1. The van der Waals surface area contributed by atoms with Gasteiger partial charge in [-0.25, -0.2) is 4.79 Å². The highest BCUT2D eigenvalue weighted by molar-refractivity contribution is 6.03. The van der Waals surface area contributed by atoms with Gasteiger partial charge >= 0.3 is 6.03 Å². The van der Waals surface area contributed by atoms with Crippen LogP contribution in [0.15, 0.2) is 42.5 Å². The average molecular weight is 297 g/mol. The Bertz CT molecular complexity index is 758. The minimum atomic E-state index is -0.449. The predicted molar refractivity (Wildman–Crippen MR) is 84.3 cm³/mol. The summed E-state index contributed by atoms with van der Waals surface area (Å²) in [6.07, 6.45) is 0.836. The number of urea groups is 1. The number of amides is 2. The second-order valence-corrected chi connectivity index (χ2v) is 5.22. The van der Waals surface area contributed by atoms with Gasteiger partial charge in [-0.05, 0) is 36.6 Å². The molecule has 2 aromatic rings. The highest BCUT2D eigenvalue weighted by atomic mass is 16.6. The second-order valence-electron chi connectivity index (χ2n) is 5.22. The lowest BCUT2D eigenvalue weighted by molar-refractivity contribution is -0.384. The number of nitrogens with zero attached hydrogens (tertiary/aromatic N) is 2. The minimum absolute atomic E-state index is 0.0158. The highest BCUT2D eigenvalue weighted by Gasteiger charge is 2.24. The topological polar surface area (TPSA) is 75.5 Å². The molecule has 1 N–H and O–H groups in total. The lowest BCUT2D eigenvalue weighted by Crippen LogP contribution is -2.33. The Labute approximate surface area is 127 Å². The largest absolute Gasteiger partial charge is 0.326 e. The van der Waals surface area contributed by atoms with Crippen molar-refractivity contribution < 1.29 is 9.72 Å². The second kappa shape index (κ2) is 5.48. The molecule has 22 heavy (non-hydrogen) atoms. The van der Waals surface area contributed by atoms with Crippen LogP contribution in [0, 0.1) is 17.0 Å². The Balaban J connectivity index is 1.80. The van der Waals surface area contributed by atoms with Crippen molar-refractivity contribution in [3.63, 3.8) is 0 Å². The van der Waals surface area contributed by atoms with Crippen LogP contribution in [-0.4, -0.2) is 17.5 Å². The number of nitro benzene ring substituents is 1. The first-order valence-corrected chi connectivity index (χ1v) is 6.98. The molecular formula is C16H15N3O3. The first-order chi connectivity index (χ1) is 10.6. The number of benzene rings is 2. The molecule has 0 atom stereocenters. The van der Waals surface area contributed by atoms with E-state index in [4.69, 9.17) is 0 Å². The lowest BCUT2D eigenvalue weighted by atomic mass is 10.2. The van der Waals surface area contributed by atoms with E-state index >= 15 is 0 Å². The number of carbonyl (C=O) groups is 1. The van der Waals surface area contributed by atoms with Gasteiger partial charge in [-0.3, -0.25) is 15.0 Å². The standard InChI is InChI=1S/C16H15N3O3/c1-11-10-13(19(21)22)6-7-14(11)17-16(20)18-9-8-12-4-2-3-5-15(12)18/h2-7,10H,8-9H2,1H3,(H,17,20). The zero-order chi connectivity index (χ0) is 15.7. The molecule has 0 aliphatic carbocycles. The van der Waals surface area contributed by atoms with E-state index in [0.29, 0.717) is 17.8 Å². The highest BCUT2D eigenvalue weighted by Crippen LogP contribution is 2.28. The number of aryl methyl sites for hydroxylation is 1. The van der Waals surface area contributed by atoms with Crippen molar-refractivity contribution in [2.45, 2.75) is 13.3 Å². The minimum Gasteiger partial charge on any atom is -0.307 e. The number of rotatable bonds is 2. The molecule has 3 rings (SSSR count). The summed E-state index contributed by atoms with van der Waals surface area (Å²) in [4.78, 5) is 24.4. The average Bonchev–Trinajstić information content (AvgIpc) is 2.93. The van der Waals surface area contributed by atoms with Gasteiger partial charge in [-0.1, -0.05) is 18.2 Å². The predicted octanol–water partition coefficient (Wildman–Crippen LogP) is 3.50. The molecule has 0 saturated carbocycles. The summed E-state index contributed by atoms with van der Waals surface area (Å²) >= 11 is 0. The van der Waals surface area contributed by atoms with E-state index in [0.717, 1.165) is 17.7 Å². The maximum absolute atomic E-state index is 12.4. The van der Waals surface area contributed by atoms with Crippen LogP contribution in [0.2, 0.25) is 0 Å². The zero-order valence-corrected chi connectivity index (χ0v) is 12.1. The molecule has 0 saturated heterocycles. The Morgan fingerprint density at radius 1 is 1.27 bits per heavy atom. The molecule has 0 bridgehead atoms. The van der Waals surface area contributed by atoms with Gasteiger partial charge in [0.1, 0.15) is 0 Å². The monoisotopic (exact) mass is 297 g/mol. The molecule has 0 spiro atoms. The summed E-state index contributed by atoms with van der Waals surface area (Å²) < 4.78 is 0. The molecule has 112 valence electrons. The number of hydrogen-bond acceptors (Lipinski definition) is 3. The van der Waals surface area contributed by atoms with Gasteiger partial charge in [0.25, 0.3) is 5.69 Å². The summed E-state index contributed by atoms with van der Waals surface area (Å²) in [7, 11) is 0. The third kappa shape index (κ3) is 2.50. The molecule has 0 radical (unpaired) electrons. The number of carbonyl (C=O) groups excluding carboxylic acids is 1. The fraction of sp³-hybridized carbons (Fsp3) is 0.188. The Kier molecular flexibility index (Phi) is 3.50. The third-order valence-electron chi connectivity index (χ3n) is 3.79. The number of nitro groups is 1. The summed E-state index contributed by atoms with van der Waals surface area (Å²) in [5, 5.41) is 13.6. The van der Waals surface area contributed by atoms with Gasteiger partial charge in [-0.15, -0.1) is 0 Å². The molecular weight excluding hydrogens is 282 g/mol. The van der Waals surface area contributed by atoms with Crippen LogP contribution in [0.25, 0.3) is 0 Å². The molecule has 1 aliphatic rings. The van der Waals surface area contributed by atoms with Crippen LogP contribution in [-0.2, 0) is 6.42 Å². The maximum Gasteiger partial charge on any atom is 0.326 e. The van der Waals surface area contributed by atoms with Crippen LogP contribution in [0.3, 0.4) is 0 Å². The lowest BCUT2D eigenvalue weighted by Gasteiger charge is -2.18. The third-order valence-corrected chi connectivity index (χ3v) is 3.79. The van der Waals surface area contributed by atoms with Crippen LogP contribution in [0.4, 0.5) is 21.9 Å². The van der Waals surface area contributed by atoms with Gasteiger partial charge in [0.15, 0.2) is 0 Å². The Morgan fingerprint density at radius 3 is 2.77 bits per heavy atom. The summed E-state index contributed by atoms with van der Waals surface area (Å²) in [5.74, 6) is 0. The van der Waals surface area contributed by atoms with E-state index in [-0.39, 0.29) is 11.7 Å².